The first-order valence-electron chi connectivity index (χ1n) is 5.04. The van der Waals surface area contributed by atoms with Crippen LogP contribution in [0.3, 0.4) is 0 Å². The van der Waals surface area contributed by atoms with Gasteiger partial charge in [-0.05, 0) is 6.42 Å². The van der Waals surface area contributed by atoms with Crippen molar-refractivity contribution in [1.82, 2.24) is 9.55 Å². The van der Waals surface area contributed by atoms with E-state index in [9.17, 15) is 0 Å². The van der Waals surface area contributed by atoms with E-state index in [4.69, 9.17) is 9.47 Å². The van der Waals surface area contributed by atoms with Crippen LogP contribution in [-0.4, -0.2) is 36.0 Å². The van der Waals surface area contributed by atoms with Gasteiger partial charge in [-0.2, -0.15) is 0 Å². The number of rotatable bonds is 8. The normalized spacial score (nSPS) is 10.6. The molecule has 0 unspecified atom stereocenters. The van der Waals surface area contributed by atoms with Crippen molar-refractivity contribution in [2.24, 2.45) is 0 Å². The summed E-state index contributed by atoms with van der Waals surface area (Å²) >= 11 is 0. The largest absolute Gasteiger partial charge is 0.379 e. The molecule has 1 aromatic heterocycles. The molecule has 0 fully saturated rings. The Bertz CT molecular complexity index is 212. The summed E-state index contributed by atoms with van der Waals surface area (Å²) in [5, 5.41) is 0. The number of imidazole rings is 1. The van der Waals surface area contributed by atoms with Gasteiger partial charge in [0.25, 0.3) is 0 Å². The van der Waals surface area contributed by atoms with Crippen LogP contribution in [0, 0.1) is 0 Å². The van der Waals surface area contributed by atoms with Crippen molar-refractivity contribution in [1.29, 1.82) is 0 Å². The molecule has 0 atom stereocenters. The lowest BCUT2D eigenvalue weighted by molar-refractivity contribution is 0.0451. The Morgan fingerprint density at radius 1 is 1.14 bits per heavy atom. The molecule has 0 amide bonds. The number of hydrogen-bond acceptors (Lipinski definition) is 3. The summed E-state index contributed by atoms with van der Waals surface area (Å²) in [5.41, 5.74) is 0. The minimum atomic E-state index is 0.675. The Morgan fingerprint density at radius 2 is 1.93 bits per heavy atom. The fraction of sp³-hybridized carbons (Fsp3) is 0.700. The molecule has 14 heavy (non-hydrogen) atoms. The van der Waals surface area contributed by atoms with Gasteiger partial charge in [-0.25, -0.2) is 4.98 Å². The molecule has 1 aromatic rings. The molecule has 80 valence electrons. The van der Waals surface area contributed by atoms with Gasteiger partial charge < -0.3 is 14.0 Å². The number of hydrogen-bond donors (Lipinski definition) is 0. The highest BCUT2D eigenvalue weighted by Crippen LogP contribution is 1.87. The monoisotopic (exact) mass is 198 g/mol. The van der Waals surface area contributed by atoms with Crippen molar-refractivity contribution in [3.05, 3.63) is 18.7 Å². The van der Waals surface area contributed by atoms with Crippen LogP contribution in [0.1, 0.15) is 13.3 Å². The third kappa shape index (κ3) is 4.99. The van der Waals surface area contributed by atoms with Crippen molar-refractivity contribution in [2.75, 3.05) is 26.4 Å². The van der Waals surface area contributed by atoms with E-state index in [2.05, 4.69) is 11.9 Å². The topological polar surface area (TPSA) is 36.3 Å². The molecule has 0 bridgehead atoms. The molecule has 0 saturated heterocycles. The highest BCUT2D eigenvalue weighted by atomic mass is 16.5. The minimum Gasteiger partial charge on any atom is -0.379 e. The van der Waals surface area contributed by atoms with Gasteiger partial charge in [-0.3, -0.25) is 0 Å². The molecule has 0 N–H and O–H groups in total. The molecule has 0 saturated carbocycles. The van der Waals surface area contributed by atoms with Gasteiger partial charge >= 0.3 is 0 Å². The standard InChI is InChI=1S/C10H18N2O2/c1-2-6-13-8-9-14-7-5-12-4-3-11-10-12/h3-4,10H,2,5-9H2,1H3. The molecule has 1 rings (SSSR count). The summed E-state index contributed by atoms with van der Waals surface area (Å²) in [5.74, 6) is 0. The van der Waals surface area contributed by atoms with Crippen molar-refractivity contribution >= 4 is 0 Å². The first kappa shape index (κ1) is 11.2. The Balaban J connectivity index is 1.85. The Morgan fingerprint density at radius 3 is 2.57 bits per heavy atom. The van der Waals surface area contributed by atoms with E-state index in [0.29, 0.717) is 19.8 Å². The van der Waals surface area contributed by atoms with Crippen LogP contribution >= 0.6 is 0 Å². The summed E-state index contributed by atoms with van der Waals surface area (Å²) in [4.78, 5) is 3.94. The van der Waals surface area contributed by atoms with E-state index >= 15 is 0 Å². The smallest absolute Gasteiger partial charge is 0.0946 e. The lowest BCUT2D eigenvalue weighted by Gasteiger charge is -2.05. The van der Waals surface area contributed by atoms with Crippen molar-refractivity contribution < 1.29 is 9.47 Å². The van der Waals surface area contributed by atoms with Crippen LogP contribution in [-0.2, 0) is 16.0 Å². The van der Waals surface area contributed by atoms with Crippen LogP contribution in [0.15, 0.2) is 18.7 Å². The lowest BCUT2D eigenvalue weighted by Crippen LogP contribution is -2.09. The Hall–Kier alpha value is -0.870. The number of aromatic nitrogens is 2. The van der Waals surface area contributed by atoms with Crippen molar-refractivity contribution in [3.8, 4) is 0 Å². The van der Waals surface area contributed by atoms with E-state index in [1.165, 1.54) is 0 Å². The van der Waals surface area contributed by atoms with E-state index in [1.807, 2.05) is 10.8 Å². The average molecular weight is 198 g/mol. The molecule has 4 heteroatoms. The molecular formula is C10H18N2O2. The highest BCUT2D eigenvalue weighted by Gasteiger charge is 1.91. The predicted octanol–water partition coefficient (Wildman–Crippen LogP) is 1.33. The quantitative estimate of drug-likeness (QED) is 0.591. The number of ether oxygens (including phenoxy) is 2. The molecule has 1 heterocycles. The SMILES string of the molecule is CCCOCCOCCn1ccnc1. The second-order valence-corrected chi connectivity index (χ2v) is 3.03. The van der Waals surface area contributed by atoms with Crippen LogP contribution in [0.5, 0.6) is 0 Å². The maximum atomic E-state index is 5.38. The third-order valence-corrected chi connectivity index (χ3v) is 1.77. The first-order chi connectivity index (χ1) is 6.93. The summed E-state index contributed by atoms with van der Waals surface area (Å²) < 4.78 is 12.6. The second kappa shape index (κ2) is 7.53. The summed E-state index contributed by atoms with van der Waals surface area (Å²) in [7, 11) is 0. The molecule has 4 nitrogen and oxygen atoms in total. The van der Waals surface area contributed by atoms with Crippen molar-refractivity contribution in [2.45, 2.75) is 19.9 Å². The van der Waals surface area contributed by atoms with Crippen LogP contribution in [0.2, 0.25) is 0 Å². The first-order valence-corrected chi connectivity index (χ1v) is 5.04. The van der Waals surface area contributed by atoms with Gasteiger partial charge in [-0.15, -0.1) is 0 Å². The van der Waals surface area contributed by atoms with E-state index < -0.39 is 0 Å². The third-order valence-electron chi connectivity index (χ3n) is 1.77. The number of nitrogens with zero attached hydrogens (tertiary/aromatic N) is 2. The molecule has 0 aliphatic carbocycles. The lowest BCUT2D eigenvalue weighted by atomic mass is 10.5. The van der Waals surface area contributed by atoms with Crippen LogP contribution in [0.4, 0.5) is 0 Å². The van der Waals surface area contributed by atoms with E-state index in [-0.39, 0.29) is 0 Å². The zero-order valence-electron chi connectivity index (χ0n) is 8.69. The molecular weight excluding hydrogens is 180 g/mol. The second-order valence-electron chi connectivity index (χ2n) is 3.03. The van der Waals surface area contributed by atoms with Gasteiger partial charge in [0.15, 0.2) is 0 Å². The molecule has 0 aliphatic rings. The molecule has 0 spiro atoms. The maximum Gasteiger partial charge on any atom is 0.0946 e. The summed E-state index contributed by atoms with van der Waals surface area (Å²) in [6.07, 6.45) is 6.55. The highest BCUT2D eigenvalue weighted by molar-refractivity contribution is 4.73. The fourth-order valence-electron chi connectivity index (χ4n) is 1.06. The van der Waals surface area contributed by atoms with Gasteiger partial charge in [0.1, 0.15) is 0 Å². The van der Waals surface area contributed by atoms with Crippen LogP contribution < -0.4 is 0 Å². The zero-order valence-corrected chi connectivity index (χ0v) is 8.69. The van der Waals surface area contributed by atoms with Gasteiger partial charge in [-0.1, -0.05) is 6.92 Å². The van der Waals surface area contributed by atoms with E-state index in [1.54, 1.807) is 12.5 Å². The summed E-state index contributed by atoms with van der Waals surface area (Å²) in [6.45, 7) is 5.86. The molecule has 0 aromatic carbocycles. The average Bonchev–Trinajstić information content (AvgIpc) is 2.69. The van der Waals surface area contributed by atoms with E-state index in [0.717, 1.165) is 19.6 Å². The summed E-state index contributed by atoms with van der Waals surface area (Å²) in [6, 6.07) is 0. The van der Waals surface area contributed by atoms with Crippen LogP contribution in [0.25, 0.3) is 0 Å². The Kier molecular flexibility index (Phi) is 6.02. The predicted molar refractivity (Wildman–Crippen MR) is 54.2 cm³/mol. The maximum absolute atomic E-state index is 5.38. The molecule has 0 aliphatic heterocycles. The zero-order chi connectivity index (χ0) is 10.1. The molecule has 0 radical (unpaired) electrons. The Labute approximate surface area is 84.9 Å². The van der Waals surface area contributed by atoms with Crippen molar-refractivity contribution in [3.63, 3.8) is 0 Å². The fourth-order valence-corrected chi connectivity index (χ4v) is 1.06. The van der Waals surface area contributed by atoms with Gasteiger partial charge in [0, 0.05) is 25.5 Å². The minimum absolute atomic E-state index is 0.675. The van der Waals surface area contributed by atoms with Gasteiger partial charge in [0.05, 0.1) is 26.1 Å². The van der Waals surface area contributed by atoms with Gasteiger partial charge in [0.2, 0.25) is 0 Å².